The second kappa shape index (κ2) is 6.34. The Morgan fingerprint density at radius 1 is 1.43 bits per heavy atom. The Morgan fingerprint density at radius 3 is 2.91 bits per heavy atom. The predicted octanol–water partition coefficient (Wildman–Crippen LogP) is -0.268. The molecular weight excluding hydrogens is 294 g/mol. The van der Waals surface area contributed by atoms with Gasteiger partial charge >= 0.3 is 0 Å². The number of hydrogen-bond acceptors (Lipinski definition) is 5. The molecule has 7 heteroatoms. The molecule has 0 aromatic carbocycles. The zero-order valence-corrected chi connectivity index (χ0v) is 13.0. The van der Waals surface area contributed by atoms with E-state index in [1.807, 2.05) is 23.1 Å². The molecule has 0 saturated carbocycles. The highest BCUT2D eigenvalue weighted by Crippen LogP contribution is 2.25. The first-order chi connectivity index (χ1) is 11.1. The minimum atomic E-state index is -0.226. The van der Waals surface area contributed by atoms with Crippen LogP contribution in [0, 0.1) is 17.2 Å². The molecule has 1 unspecified atom stereocenters. The van der Waals surface area contributed by atoms with E-state index in [9.17, 15) is 9.59 Å². The smallest absolute Gasteiger partial charge is 0.225 e. The lowest BCUT2D eigenvalue weighted by Crippen LogP contribution is -2.59. The van der Waals surface area contributed by atoms with Gasteiger partial charge in [0, 0.05) is 39.6 Å². The lowest BCUT2D eigenvalue weighted by atomic mass is 10.1. The molecule has 7 nitrogen and oxygen atoms in total. The van der Waals surface area contributed by atoms with E-state index < -0.39 is 0 Å². The Bertz CT molecular complexity index is 663. The highest BCUT2D eigenvalue weighted by molar-refractivity contribution is 5.89. The maximum atomic E-state index is 12.1. The Hall–Kier alpha value is -2.46. The minimum absolute atomic E-state index is 0.0606. The van der Waals surface area contributed by atoms with Crippen LogP contribution in [0.5, 0.6) is 0 Å². The van der Waals surface area contributed by atoms with E-state index in [0.29, 0.717) is 25.2 Å². The summed E-state index contributed by atoms with van der Waals surface area (Å²) < 4.78 is 0. The fourth-order valence-electron chi connectivity index (χ4n) is 3.19. The van der Waals surface area contributed by atoms with Crippen LogP contribution in [0.2, 0.25) is 0 Å². The number of amides is 2. The zero-order chi connectivity index (χ0) is 16.4. The molecule has 3 heterocycles. The molecule has 0 radical (unpaired) electrons. The fraction of sp³-hybridized carbons (Fsp3) is 0.500. The predicted molar refractivity (Wildman–Crippen MR) is 81.9 cm³/mol. The Kier molecular flexibility index (Phi) is 4.26. The first kappa shape index (κ1) is 15.4. The third-order valence-corrected chi connectivity index (χ3v) is 4.46. The highest BCUT2D eigenvalue weighted by atomic mass is 16.2. The largest absolute Gasteiger partial charge is 0.359 e. The van der Waals surface area contributed by atoms with Gasteiger partial charge in [0.2, 0.25) is 11.8 Å². The number of nitrogens with zero attached hydrogens (tertiary/aromatic N) is 4. The van der Waals surface area contributed by atoms with Crippen molar-refractivity contribution in [3.05, 3.63) is 29.6 Å². The van der Waals surface area contributed by atoms with Gasteiger partial charge in [-0.05, 0) is 12.1 Å². The van der Waals surface area contributed by atoms with E-state index in [0.717, 1.165) is 18.8 Å². The minimum Gasteiger partial charge on any atom is -0.359 e. The van der Waals surface area contributed by atoms with Gasteiger partial charge < -0.3 is 10.2 Å². The summed E-state index contributed by atoms with van der Waals surface area (Å²) in [6, 6.07) is 7.63. The van der Waals surface area contributed by atoms with Crippen LogP contribution in [0.25, 0.3) is 0 Å². The van der Waals surface area contributed by atoms with Crippen molar-refractivity contribution in [1.82, 2.24) is 20.1 Å². The van der Waals surface area contributed by atoms with Crippen molar-refractivity contribution in [3.63, 3.8) is 0 Å². The molecule has 0 spiro atoms. The Morgan fingerprint density at radius 2 is 2.22 bits per heavy atom. The first-order valence-electron chi connectivity index (χ1n) is 7.70. The summed E-state index contributed by atoms with van der Waals surface area (Å²) in [5.41, 5.74) is 1.28. The highest BCUT2D eigenvalue weighted by Gasteiger charge is 2.41. The molecule has 2 fully saturated rings. The van der Waals surface area contributed by atoms with Crippen LogP contribution in [0.3, 0.4) is 0 Å². The van der Waals surface area contributed by atoms with Crippen LogP contribution in [0.1, 0.15) is 17.8 Å². The number of aromatic nitrogens is 1. The van der Waals surface area contributed by atoms with Crippen LogP contribution in [-0.4, -0.2) is 59.3 Å². The number of pyridine rings is 1. The average Bonchev–Trinajstić information content (AvgIpc) is 2.91. The van der Waals surface area contributed by atoms with Gasteiger partial charge in [-0.3, -0.25) is 14.5 Å². The van der Waals surface area contributed by atoms with Gasteiger partial charge in [-0.1, -0.05) is 6.07 Å². The molecule has 0 aliphatic carbocycles. The van der Waals surface area contributed by atoms with Gasteiger partial charge in [0.05, 0.1) is 17.7 Å². The molecule has 1 aromatic rings. The summed E-state index contributed by atoms with van der Waals surface area (Å²) in [5, 5.41) is 11.5. The quantitative estimate of drug-likeness (QED) is 0.826. The van der Waals surface area contributed by atoms with Gasteiger partial charge in [0.15, 0.2) is 0 Å². The van der Waals surface area contributed by atoms with Crippen molar-refractivity contribution >= 4 is 11.8 Å². The molecule has 2 aliphatic heterocycles. The molecule has 2 aliphatic rings. The number of rotatable bonds is 4. The number of hydrogen-bond donors (Lipinski definition) is 1. The molecule has 1 aromatic heterocycles. The topological polar surface area (TPSA) is 89.3 Å². The van der Waals surface area contributed by atoms with Crippen LogP contribution >= 0.6 is 0 Å². The first-order valence-corrected chi connectivity index (χ1v) is 7.70. The maximum Gasteiger partial charge on any atom is 0.225 e. The molecule has 1 N–H and O–H groups in total. The Labute approximate surface area is 134 Å². The van der Waals surface area contributed by atoms with Crippen LogP contribution in [0.15, 0.2) is 18.2 Å². The molecule has 0 bridgehead atoms. The Balaban J connectivity index is 1.52. The van der Waals surface area contributed by atoms with Gasteiger partial charge in [-0.25, -0.2) is 4.98 Å². The van der Waals surface area contributed by atoms with E-state index in [1.165, 1.54) is 0 Å². The van der Waals surface area contributed by atoms with Crippen LogP contribution in [0.4, 0.5) is 0 Å². The van der Waals surface area contributed by atoms with E-state index in [1.54, 1.807) is 13.1 Å². The van der Waals surface area contributed by atoms with Crippen molar-refractivity contribution in [2.24, 2.45) is 5.92 Å². The van der Waals surface area contributed by atoms with Crippen LogP contribution < -0.4 is 5.32 Å². The summed E-state index contributed by atoms with van der Waals surface area (Å²) in [4.78, 5) is 32.0. The molecule has 120 valence electrons. The second-order valence-electron chi connectivity index (χ2n) is 6.04. The summed E-state index contributed by atoms with van der Waals surface area (Å²) in [6.07, 6.45) is 0.307. The second-order valence-corrected chi connectivity index (χ2v) is 6.04. The summed E-state index contributed by atoms with van der Waals surface area (Å²) in [5.74, 6) is -0.224. The van der Waals surface area contributed by atoms with E-state index >= 15 is 0 Å². The van der Waals surface area contributed by atoms with Crippen molar-refractivity contribution < 1.29 is 9.59 Å². The van der Waals surface area contributed by atoms with E-state index in [4.69, 9.17) is 5.26 Å². The number of carbonyl (C=O) groups excluding carboxylic acids is 2. The number of nitrogens with one attached hydrogen (secondary N) is 1. The fourth-order valence-corrected chi connectivity index (χ4v) is 3.19. The standard InChI is InChI=1S/C16H19N5O2/c1-18-16(23)11-5-15(22)21(7-11)14-9-20(10-14)8-13-4-2-3-12(6-17)19-13/h2-4,11,14H,5,7-10H2,1H3,(H,18,23). The van der Waals surface area contributed by atoms with Gasteiger partial charge in [-0.2, -0.15) is 5.26 Å². The van der Waals surface area contributed by atoms with Gasteiger partial charge in [0.25, 0.3) is 0 Å². The van der Waals surface area contributed by atoms with Crippen molar-refractivity contribution in [1.29, 1.82) is 5.26 Å². The van der Waals surface area contributed by atoms with Crippen molar-refractivity contribution in [2.45, 2.75) is 19.0 Å². The lowest BCUT2D eigenvalue weighted by molar-refractivity contribution is -0.133. The number of carbonyl (C=O) groups is 2. The number of nitriles is 1. The summed E-state index contributed by atoms with van der Waals surface area (Å²) in [7, 11) is 1.60. The third-order valence-electron chi connectivity index (χ3n) is 4.46. The van der Waals surface area contributed by atoms with E-state index in [2.05, 4.69) is 15.2 Å². The molecular formula is C16H19N5O2. The normalized spacial score (nSPS) is 21.8. The molecule has 3 rings (SSSR count). The summed E-state index contributed by atoms with van der Waals surface area (Å²) in [6.45, 7) is 2.75. The van der Waals surface area contributed by atoms with Crippen LogP contribution in [-0.2, 0) is 16.1 Å². The van der Waals surface area contributed by atoms with Gasteiger partial charge in [0.1, 0.15) is 11.8 Å². The molecule has 2 amide bonds. The monoisotopic (exact) mass is 313 g/mol. The maximum absolute atomic E-state index is 12.1. The number of likely N-dealkylation sites (tertiary alicyclic amines) is 2. The van der Waals surface area contributed by atoms with Gasteiger partial charge in [-0.15, -0.1) is 0 Å². The average molecular weight is 313 g/mol. The van der Waals surface area contributed by atoms with Crippen molar-refractivity contribution in [2.75, 3.05) is 26.7 Å². The summed E-state index contributed by atoms with van der Waals surface area (Å²) >= 11 is 0. The lowest BCUT2D eigenvalue weighted by Gasteiger charge is -2.44. The molecule has 23 heavy (non-hydrogen) atoms. The van der Waals surface area contributed by atoms with Crippen molar-refractivity contribution in [3.8, 4) is 6.07 Å². The third kappa shape index (κ3) is 3.17. The molecule has 2 saturated heterocycles. The molecule has 1 atom stereocenters. The SMILES string of the molecule is CNC(=O)C1CC(=O)N(C2CN(Cc3cccc(C#N)n3)C2)C1. The van der Waals surface area contributed by atoms with E-state index in [-0.39, 0.29) is 23.8 Å². The zero-order valence-electron chi connectivity index (χ0n) is 13.0.